The third kappa shape index (κ3) is 2.87. The quantitative estimate of drug-likeness (QED) is 0.858. The highest BCUT2D eigenvalue weighted by molar-refractivity contribution is 4.92. The predicted molar refractivity (Wildman–Crippen MR) is 67.8 cm³/mol. The highest BCUT2D eigenvalue weighted by Crippen LogP contribution is 2.26. The smallest absolute Gasteiger partial charge is 0.105 e. The number of aromatic nitrogens is 2. The van der Waals surface area contributed by atoms with E-state index in [2.05, 4.69) is 21.4 Å². The summed E-state index contributed by atoms with van der Waals surface area (Å²) in [7, 11) is 0. The van der Waals surface area contributed by atoms with E-state index >= 15 is 0 Å². The number of likely N-dealkylation sites (tertiary alicyclic amines) is 1. The fourth-order valence-corrected chi connectivity index (χ4v) is 2.53. The van der Waals surface area contributed by atoms with Gasteiger partial charge in [-0.15, -0.1) is 0 Å². The first-order valence-corrected chi connectivity index (χ1v) is 6.41. The van der Waals surface area contributed by atoms with Gasteiger partial charge in [-0.05, 0) is 32.7 Å². The van der Waals surface area contributed by atoms with Crippen LogP contribution in [0.15, 0.2) is 12.4 Å². The molecule has 2 atom stereocenters. The maximum Gasteiger partial charge on any atom is 0.105 e. The van der Waals surface area contributed by atoms with Gasteiger partial charge < -0.3 is 14.6 Å². The number of nitrogens with zero attached hydrogens (tertiary/aromatic N) is 3. The van der Waals surface area contributed by atoms with Crippen LogP contribution >= 0.6 is 0 Å². The Morgan fingerprint density at radius 1 is 1.53 bits per heavy atom. The maximum absolute atomic E-state index is 10.1. The largest absolute Gasteiger partial charge is 0.389 e. The minimum absolute atomic E-state index is 0.373. The molecule has 0 radical (unpaired) electrons. The van der Waals surface area contributed by atoms with Crippen LogP contribution < -0.4 is 0 Å². The fourth-order valence-electron chi connectivity index (χ4n) is 2.53. The number of rotatable bonds is 4. The zero-order chi connectivity index (χ0) is 12.5. The van der Waals surface area contributed by atoms with Gasteiger partial charge in [0.15, 0.2) is 0 Å². The van der Waals surface area contributed by atoms with E-state index in [0.29, 0.717) is 5.92 Å². The van der Waals surface area contributed by atoms with Crippen LogP contribution in [0.25, 0.3) is 0 Å². The van der Waals surface area contributed by atoms with Crippen molar-refractivity contribution in [1.82, 2.24) is 14.5 Å². The lowest BCUT2D eigenvalue weighted by molar-refractivity contribution is 0.0367. The van der Waals surface area contributed by atoms with Crippen molar-refractivity contribution in [2.24, 2.45) is 5.92 Å². The van der Waals surface area contributed by atoms with Crippen LogP contribution in [-0.2, 0) is 6.54 Å². The summed E-state index contributed by atoms with van der Waals surface area (Å²) < 4.78 is 2.18. The van der Waals surface area contributed by atoms with Crippen molar-refractivity contribution in [2.45, 2.75) is 39.3 Å². The number of aryl methyl sites for hydroxylation is 2. The van der Waals surface area contributed by atoms with Crippen molar-refractivity contribution < 1.29 is 5.11 Å². The molecule has 0 spiro atoms. The number of β-amino-alcohol motifs (C(OH)–C–C–N with tert-alkyl or cyclic N) is 1. The van der Waals surface area contributed by atoms with Crippen LogP contribution in [0.5, 0.6) is 0 Å². The second-order valence-corrected chi connectivity index (χ2v) is 5.51. The van der Waals surface area contributed by atoms with Crippen molar-refractivity contribution in [3.8, 4) is 0 Å². The monoisotopic (exact) mass is 237 g/mol. The van der Waals surface area contributed by atoms with Crippen LogP contribution in [0.3, 0.4) is 0 Å². The Morgan fingerprint density at radius 2 is 2.29 bits per heavy atom. The first-order valence-electron chi connectivity index (χ1n) is 6.41. The summed E-state index contributed by atoms with van der Waals surface area (Å²) in [5.74, 6) is 1.45. The van der Waals surface area contributed by atoms with E-state index in [1.54, 1.807) is 0 Å². The van der Waals surface area contributed by atoms with E-state index in [1.807, 2.05) is 26.2 Å². The first-order chi connectivity index (χ1) is 7.99. The molecule has 96 valence electrons. The SMILES string of the molecule is Cc1nccn1CCCN1C[C@@H](C)[C@@](C)(O)C1. The normalized spacial score (nSPS) is 30.0. The third-order valence-corrected chi connectivity index (χ3v) is 3.93. The van der Waals surface area contributed by atoms with Gasteiger partial charge in [-0.25, -0.2) is 4.98 Å². The van der Waals surface area contributed by atoms with Gasteiger partial charge in [-0.1, -0.05) is 6.92 Å². The predicted octanol–water partition coefficient (Wildman–Crippen LogP) is 1.28. The molecule has 0 unspecified atom stereocenters. The van der Waals surface area contributed by atoms with Crippen LogP contribution in [0.2, 0.25) is 0 Å². The molecule has 0 bridgehead atoms. The van der Waals surface area contributed by atoms with E-state index in [9.17, 15) is 5.11 Å². The lowest BCUT2D eigenvalue weighted by Gasteiger charge is -2.21. The Morgan fingerprint density at radius 3 is 2.82 bits per heavy atom. The van der Waals surface area contributed by atoms with Crippen LogP contribution in [0.4, 0.5) is 0 Å². The van der Waals surface area contributed by atoms with Crippen LogP contribution in [0, 0.1) is 12.8 Å². The molecular formula is C13H23N3O. The average Bonchev–Trinajstić information content (AvgIpc) is 2.73. The third-order valence-electron chi connectivity index (χ3n) is 3.93. The topological polar surface area (TPSA) is 41.3 Å². The first kappa shape index (κ1) is 12.6. The van der Waals surface area contributed by atoms with Crippen molar-refractivity contribution in [3.63, 3.8) is 0 Å². The zero-order valence-corrected chi connectivity index (χ0v) is 11.1. The molecule has 2 rings (SSSR count). The molecule has 1 fully saturated rings. The maximum atomic E-state index is 10.1. The average molecular weight is 237 g/mol. The van der Waals surface area contributed by atoms with Gasteiger partial charge in [0, 0.05) is 32.0 Å². The molecule has 0 amide bonds. The molecule has 1 aliphatic rings. The Bertz CT molecular complexity index is 372. The van der Waals surface area contributed by atoms with Crippen molar-refractivity contribution >= 4 is 0 Å². The van der Waals surface area contributed by atoms with E-state index in [4.69, 9.17) is 0 Å². The number of hydrogen-bond acceptors (Lipinski definition) is 3. The van der Waals surface area contributed by atoms with E-state index in [1.165, 1.54) is 0 Å². The molecule has 1 aliphatic heterocycles. The molecule has 4 nitrogen and oxygen atoms in total. The summed E-state index contributed by atoms with van der Waals surface area (Å²) in [6, 6.07) is 0. The highest BCUT2D eigenvalue weighted by atomic mass is 16.3. The summed E-state index contributed by atoms with van der Waals surface area (Å²) >= 11 is 0. The summed E-state index contributed by atoms with van der Waals surface area (Å²) in [5.41, 5.74) is -0.509. The van der Waals surface area contributed by atoms with Gasteiger partial charge in [0.05, 0.1) is 5.60 Å². The summed E-state index contributed by atoms with van der Waals surface area (Å²) in [5, 5.41) is 10.1. The summed E-state index contributed by atoms with van der Waals surface area (Å²) in [6.45, 7) is 9.98. The molecule has 0 aliphatic carbocycles. The molecule has 1 aromatic rings. The number of aliphatic hydroxyl groups is 1. The van der Waals surface area contributed by atoms with Gasteiger partial charge >= 0.3 is 0 Å². The van der Waals surface area contributed by atoms with Crippen molar-refractivity contribution in [3.05, 3.63) is 18.2 Å². The summed E-state index contributed by atoms with van der Waals surface area (Å²) in [6.07, 6.45) is 4.98. The Labute approximate surface area is 103 Å². The van der Waals surface area contributed by atoms with Crippen LogP contribution in [0.1, 0.15) is 26.1 Å². The lowest BCUT2D eigenvalue weighted by atomic mass is 9.95. The van der Waals surface area contributed by atoms with Gasteiger partial charge in [0.1, 0.15) is 5.82 Å². The second kappa shape index (κ2) is 4.78. The standard InChI is InChI=1S/C13H23N3O/c1-11-9-15(10-13(11,3)17)6-4-7-16-8-5-14-12(16)2/h5,8,11,17H,4,6-7,9-10H2,1-3H3/t11-,13+/m1/s1. The zero-order valence-electron chi connectivity index (χ0n) is 11.1. The van der Waals surface area contributed by atoms with Gasteiger partial charge in [-0.3, -0.25) is 0 Å². The number of hydrogen-bond donors (Lipinski definition) is 1. The molecule has 17 heavy (non-hydrogen) atoms. The minimum Gasteiger partial charge on any atom is -0.389 e. The Balaban J connectivity index is 1.75. The van der Waals surface area contributed by atoms with Crippen LogP contribution in [-0.4, -0.2) is 44.8 Å². The van der Waals surface area contributed by atoms with E-state index < -0.39 is 5.60 Å². The molecule has 0 aromatic carbocycles. The molecule has 0 saturated carbocycles. The van der Waals surface area contributed by atoms with Gasteiger partial charge in [-0.2, -0.15) is 0 Å². The van der Waals surface area contributed by atoms with Crippen molar-refractivity contribution in [2.75, 3.05) is 19.6 Å². The lowest BCUT2D eigenvalue weighted by Crippen LogP contribution is -2.33. The molecule has 1 aromatic heterocycles. The Kier molecular flexibility index (Phi) is 3.54. The van der Waals surface area contributed by atoms with E-state index in [0.717, 1.165) is 38.4 Å². The highest BCUT2D eigenvalue weighted by Gasteiger charge is 2.37. The Hall–Kier alpha value is -0.870. The van der Waals surface area contributed by atoms with Crippen molar-refractivity contribution in [1.29, 1.82) is 0 Å². The fraction of sp³-hybridized carbons (Fsp3) is 0.769. The summed E-state index contributed by atoms with van der Waals surface area (Å²) in [4.78, 5) is 6.57. The number of imidazole rings is 1. The van der Waals surface area contributed by atoms with E-state index in [-0.39, 0.29) is 0 Å². The van der Waals surface area contributed by atoms with Gasteiger partial charge in [0.25, 0.3) is 0 Å². The molecule has 1 saturated heterocycles. The van der Waals surface area contributed by atoms with Gasteiger partial charge in [0.2, 0.25) is 0 Å². The molecule has 1 N–H and O–H groups in total. The second-order valence-electron chi connectivity index (χ2n) is 5.51. The minimum atomic E-state index is -0.509. The molecular weight excluding hydrogens is 214 g/mol. The molecule has 4 heteroatoms. The molecule has 2 heterocycles.